The van der Waals surface area contributed by atoms with Gasteiger partial charge in [0.05, 0.1) is 22.3 Å². The van der Waals surface area contributed by atoms with E-state index in [0.29, 0.717) is 40.1 Å². The highest BCUT2D eigenvalue weighted by Gasteiger charge is 2.15. The smallest absolute Gasteiger partial charge is 0.253 e. The minimum Gasteiger partial charge on any atom is -0.375 e. The average molecular weight is 422 g/mol. The SMILES string of the molecule is CCCN(CCC)C(=O)c1cccc(NC(=O)CNc2cccc(Cl)c2Cl)c1. The molecule has 2 N–H and O–H groups in total. The topological polar surface area (TPSA) is 61.4 Å². The van der Waals surface area contributed by atoms with Gasteiger partial charge in [0.25, 0.3) is 5.91 Å². The average Bonchev–Trinajstić information content (AvgIpc) is 2.68. The van der Waals surface area contributed by atoms with Crippen molar-refractivity contribution in [2.45, 2.75) is 26.7 Å². The third-order valence-corrected chi connectivity index (χ3v) is 4.88. The van der Waals surface area contributed by atoms with E-state index in [1.807, 2.05) is 18.7 Å². The lowest BCUT2D eigenvalue weighted by atomic mass is 10.1. The summed E-state index contributed by atoms with van der Waals surface area (Å²) in [7, 11) is 0. The Balaban J connectivity index is 2.00. The molecule has 0 aliphatic carbocycles. The first-order valence-corrected chi connectivity index (χ1v) is 10.1. The third-order valence-electron chi connectivity index (χ3n) is 4.06. The summed E-state index contributed by atoms with van der Waals surface area (Å²) in [5, 5.41) is 6.55. The first-order valence-electron chi connectivity index (χ1n) is 9.33. The minimum atomic E-state index is -0.250. The summed E-state index contributed by atoms with van der Waals surface area (Å²) in [6.45, 7) is 5.55. The summed E-state index contributed by atoms with van der Waals surface area (Å²) >= 11 is 12.1. The van der Waals surface area contributed by atoms with Crippen LogP contribution >= 0.6 is 23.2 Å². The summed E-state index contributed by atoms with van der Waals surface area (Å²) in [5.41, 5.74) is 1.72. The van der Waals surface area contributed by atoms with Gasteiger partial charge in [-0.05, 0) is 43.2 Å². The van der Waals surface area contributed by atoms with Crippen LogP contribution in [-0.4, -0.2) is 36.3 Å². The van der Waals surface area contributed by atoms with E-state index in [-0.39, 0.29) is 18.4 Å². The third kappa shape index (κ3) is 6.14. The molecule has 5 nitrogen and oxygen atoms in total. The number of carbonyl (C=O) groups excluding carboxylic acids is 2. The van der Waals surface area contributed by atoms with Gasteiger partial charge in [0.2, 0.25) is 5.91 Å². The molecule has 0 atom stereocenters. The molecule has 2 amide bonds. The number of rotatable bonds is 9. The zero-order chi connectivity index (χ0) is 20.5. The molecular formula is C21H25Cl2N3O2. The highest BCUT2D eigenvalue weighted by atomic mass is 35.5. The van der Waals surface area contributed by atoms with Crippen molar-refractivity contribution in [2.24, 2.45) is 0 Å². The minimum absolute atomic E-state index is 0.0238. The van der Waals surface area contributed by atoms with Crippen LogP contribution in [0.25, 0.3) is 0 Å². The van der Waals surface area contributed by atoms with E-state index in [1.165, 1.54) is 0 Å². The number of nitrogens with one attached hydrogen (secondary N) is 2. The van der Waals surface area contributed by atoms with Crippen LogP contribution in [0.1, 0.15) is 37.0 Å². The summed E-state index contributed by atoms with van der Waals surface area (Å²) in [5.74, 6) is -0.275. The van der Waals surface area contributed by atoms with E-state index < -0.39 is 0 Å². The van der Waals surface area contributed by atoms with Crippen LogP contribution in [0.3, 0.4) is 0 Å². The molecule has 0 fully saturated rings. The summed E-state index contributed by atoms with van der Waals surface area (Å²) in [6.07, 6.45) is 1.81. The molecule has 0 spiro atoms. The summed E-state index contributed by atoms with van der Waals surface area (Å²) in [6, 6.07) is 12.2. The highest BCUT2D eigenvalue weighted by Crippen LogP contribution is 2.29. The van der Waals surface area contributed by atoms with Crippen LogP contribution < -0.4 is 10.6 Å². The van der Waals surface area contributed by atoms with Crippen molar-refractivity contribution >= 4 is 46.4 Å². The molecule has 2 aromatic rings. The van der Waals surface area contributed by atoms with E-state index in [2.05, 4.69) is 10.6 Å². The predicted molar refractivity (Wildman–Crippen MR) is 117 cm³/mol. The van der Waals surface area contributed by atoms with Crippen LogP contribution in [0.4, 0.5) is 11.4 Å². The van der Waals surface area contributed by atoms with Gasteiger partial charge in [0.15, 0.2) is 0 Å². The van der Waals surface area contributed by atoms with Crippen molar-refractivity contribution in [3.05, 3.63) is 58.1 Å². The van der Waals surface area contributed by atoms with Gasteiger partial charge in [0, 0.05) is 24.3 Å². The van der Waals surface area contributed by atoms with Crippen molar-refractivity contribution in [2.75, 3.05) is 30.3 Å². The number of hydrogen-bond donors (Lipinski definition) is 2. The molecule has 0 aromatic heterocycles. The zero-order valence-corrected chi connectivity index (χ0v) is 17.6. The first-order chi connectivity index (χ1) is 13.5. The lowest BCUT2D eigenvalue weighted by Crippen LogP contribution is -2.32. The molecule has 0 unspecified atom stereocenters. The van der Waals surface area contributed by atoms with Crippen molar-refractivity contribution < 1.29 is 9.59 Å². The molecule has 0 aliphatic rings. The number of amides is 2. The predicted octanol–water partition coefficient (Wildman–Crippen LogP) is 5.31. The number of anilines is 2. The number of halogens is 2. The Morgan fingerprint density at radius 1 is 1.00 bits per heavy atom. The molecule has 0 bridgehead atoms. The van der Waals surface area contributed by atoms with Gasteiger partial charge in [0.1, 0.15) is 0 Å². The normalized spacial score (nSPS) is 10.4. The van der Waals surface area contributed by atoms with Crippen molar-refractivity contribution in [3.8, 4) is 0 Å². The van der Waals surface area contributed by atoms with Crippen LogP contribution in [-0.2, 0) is 4.79 Å². The van der Waals surface area contributed by atoms with E-state index >= 15 is 0 Å². The van der Waals surface area contributed by atoms with Gasteiger partial charge in [-0.15, -0.1) is 0 Å². The van der Waals surface area contributed by atoms with Crippen LogP contribution in [0.5, 0.6) is 0 Å². The number of carbonyl (C=O) groups is 2. The van der Waals surface area contributed by atoms with E-state index in [1.54, 1.807) is 42.5 Å². The van der Waals surface area contributed by atoms with Crippen molar-refractivity contribution in [3.63, 3.8) is 0 Å². The van der Waals surface area contributed by atoms with Crippen LogP contribution in [0, 0.1) is 0 Å². The fourth-order valence-corrected chi connectivity index (χ4v) is 3.16. The van der Waals surface area contributed by atoms with Gasteiger partial charge in [-0.25, -0.2) is 0 Å². The number of hydrogen-bond acceptors (Lipinski definition) is 3. The molecule has 2 aromatic carbocycles. The largest absolute Gasteiger partial charge is 0.375 e. The molecule has 150 valence electrons. The second kappa shape index (κ2) is 10.9. The molecular weight excluding hydrogens is 397 g/mol. The van der Waals surface area contributed by atoms with E-state index in [4.69, 9.17) is 23.2 Å². The van der Waals surface area contributed by atoms with Gasteiger partial charge >= 0.3 is 0 Å². The Labute approximate surface area is 176 Å². The fraction of sp³-hybridized carbons (Fsp3) is 0.333. The monoisotopic (exact) mass is 421 g/mol. The Morgan fingerprint density at radius 2 is 1.68 bits per heavy atom. The maximum absolute atomic E-state index is 12.7. The van der Waals surface area contributed by atoms with Gasteiger partial charge in [-0.2, -0.15) is 0 Å². The Bertz CT molecular complexity index is 821. The van der Waals surface area contributed by atoms with Crippen LogP contribution in [0.2, 0.25) is 10.0 Å². The maximum Gasteiger partial charge on any atom is 0.253 e. The molecule has 0 heterocycles. The molecule has 0 saturated heterocycles. The molecule has 0 radical (unpaired) electrons. The number of nitrogens with zero attached hydrogens (tertiary/aromatic N) is 1. The van der Waals surface area contributed by atoms with Gasteiger partial charge < -0.3 is 15.5 Å². The Morgan fingerprint density at radius 3 is 2.36 bits per heavy atom. The van der Waals surface area contributed by atoms with Crippen molar-refractivity contribution in [1.29, 1.82) is 0 Å². The quantitative estimate of drug-likeness (QED) is 0.576. The van der Waals surface area contributed by atoms with Gasteiger partial charge in [-0.1, -0.05) is 49.2 Å². The lowest BCUT2D eigenvalue weighted by molar-refractivity contribution is -0.114. The second-order valence-corrected chi connectivity index (χ2v) is 7.16. The van der Waals surface area contributed by atoms with Gasteiger partial charge in [-0.3, -0.25) is 9.59 Å². The Kier molecular flexibility index (Phi) is 8.61. The lowest BCUT2D eigenvalue weighted by Gasteiger charge is -2.21. The summed E-state index contributed by atoms with van der Waals surface area (Å²) in [4.78, 5) is 26.8. The summed E-state index contributed by atoms with van der Waals surface area (Å²) < 4.78 is 0. The van der Waals surface area contributed by atoms with E-state index in [9.17, 15) is 9.59 Å². The zero-order valence-electron chi connectivity index (χ0n) is 16.1. The molecule has 28 heavy (non-hydrogen) atoms. The molecule has 0 aliphatic heterocycles. The standard InChI is InChI=1S/C21H25Cl2N3O2/c1-3-11-26(12-4-2)21(28)15-7-5-8-16(13-15)25-19(27)14-24-18-10-6-9-17(22)20(18)23/h5-10,13,24H,3-4,11-12,14H2,1-2H3,(H,25,27). The number of benzene rings is 2. The maximum atomic E-state index is 12.7. The van der Waals surface area contributed by atoms with E-state index in [0.717, 1.165) is 12.8 Å². The highest BCUT2D eigenvalue weighted by molar-refractivity contribution is 6.43. The van der Waals surface area contributed by atoms with Crippen molar-refractivity contribution in [1.82, 2.24) is 4.90 Å². The van der Waals surface area contributed by atoms with Crippen LogP contribution in [0.15, 0.2) is 42.5 Å². The second-order valence-electron chi connectivity index (χ2n) is 6.38. The first kappa shape index (κ1) is 22.1. The molecule has 7 heteroatoms. The molecule has 2 rings (SSSR count). The Hall–Kier alpha value is -2.24. The fourth-order valence-electron chi connectivity index (χ4n) is 2.79. The molecule has 0 saturated carbocycles.